The Kier molecular flexibility index (Phi) is 6.89. The predicted molar refractivity (Wildman–Crippen MR) is 114 cm³/mol. The van der Waals surface area contributed by atoms with Crippen LogP contribution in [0, 0.1) is 0 Å². The molecule has 8 nitrogen and oxygen atoms in total. The third-order valence-corrected chi connectivity index (χ3v) is 5.77. The van der Waals surface area contributed by atoms with Crippen LogP contribution in [0.2, 0.25) is 0 Å². The quantitative estimate of drug-likeness (QED) is 0.538. The number of amides is 1. The number of nitrogens with zero attached hydrogens (tertiary/aromatic N) is 3. The monoisotopic (exact) mass is 481 g/mol. The molecule has 1 amide bonds. The topological polar surface area (TPSA) is 120 Å². The fourth-order valence-electron chi connectivity index (χ4n) is 3.21. The van der Waals surface area contributed by atoms with Crippen molar-refractivity contribution in [3.05, 3.63) is 71.2 Å². The molecule has 0 radical (unpaired) electrons. The van der Waals surface area contributed by atoms with E-state index in [1.165, 1.54) is 29.1 Å². The number of nitrogens with one attached hydrogen (secondary N) is 1. The van der Waals surface area contributed by atoms with E-state index < -0.39 is 27.7 Å². The summed E-state index contributed by atoms with van der Waals surface area (Å²) in [6.45, 7) is 3.94. The molecule has 0 spiro atoms. The van der Waals surface area contributed by atoms with E-state index in [4.69, 9.17) is 5.14 Å². The molecular weight excluding hydrogens is 459 g/mol. The normalized spacial score (nSPS) is 12.2. The number of rotatable bonds is 7. The van der Waals surface area contributed by atoms with Crippen molar-refractivity contribution in [3.63, 3.8) is 0 Å². The van der Waals surface area contributed by atoms with Crippen LogP contribution in [-0.4, -0.2) is 35.6 Å². The summed E-state index contributed by atoms with van der Waals surface area (Å²) in [5.74, 6) is -0.387. The third kappa shape index (κ3) is 5.76. The van der Waals surface area contributed by atoms with Crippen molar-refractivity contribution in [1.29, 1.82) is 0 Å². The Balaban J connectivity index is 1.73. The Morgan fingerprint density at radius 2 is 1.79 bits per heavy atom. The average molecular weight is 482 g/mol. The van der Waals surface area contributed by atoms with Gasteiger partial charge in [0.25, 0.3) is 5.91 Å². The minimum Gasteiger partial charge on any atom is -0.352 e. The van der Waals surface area contributed by atoms with E-state index in [-0.39, 0.29) is 28.7 Å². The molecule has 3 aromatic rings. The minimum absolute atomic E-state index is 0.00107. The van der Waals surface area contributed by atoms with Gasteiger partial charge in [-0.1, -0.05) is 26.0 Å². The lowest BCUT2D eigenvalue weighted by Gasteiger charge is -2.13. The fourth-order valence-corrected chi connectivity index (χ4v) is 3.73. The van der Waals surface area contributed by atoms with E-state index in [1.807, 2.05) is 13.8 Å². The molecule has 33 heavy (non-hydrogen) atoms. The maximum Gasteiger partial charge on any atom is 0.417 e. The number of halogens is 3. The molecule has 1 aromatic carbocycles. The summed E-state index contributed by atoms with van der Waals surface area (Å²) in [7, 11) is -3.77. The smallest absolute Gasteiger partial charge is 0.352 e. The lowest BCUT2D eigenvalue weighted by Crippen LogP contribution is -2.26. The molecule has 0 aliphatic rings. The Labute approximate surface area is 188 Å². The summed E-state index contributed by atoms with van der Waals surface area (Å²) in [4.78, 5) is 16.6. The molecule has 3 N–H and O–H groups in total. The van der Waals surface area contributed by atoms with Crippen LogP contribution in [0.15, 0.2) is 53.7 Å². The number of hydrogen-bond acceptors (Lipinski definition) is 5. The molecule has 0 fully saturated rings. The number of hydrogen-bond donors (Lipinski definition) is 2. The molecule has 0 atom stereocenters. The summed E-state index contributed by atoms with van der Waals surface area (Å²) in [6, 6.07) is 8.12. The van der Waals surface area contributed by atoms with Crippen LogP contribution < -0.4 is 10.5 Å². The number of pyridine rings is 1. The summed E-state index contributed by atoms with van der Waals surface area (Å²) < 4.78 is 62.4. The van der Waals surface area contributed by atoms with E-state index in [2.05, 4.69) is 15.4 Å². The van der Waals surface area contributed by atoms with Gasteiger partial charge < -0.3 is 5.32 Å². The summed E-state index contributed by atoms with van der Waals surface area (Å²) in [6.07, 6.45) is -1.98. The van der Waals surface area contributed by atoms with Crippen molar-refractivity contribution in [3.8, 4) is 5.82 Å². The SMILES string of the molecule is CC(C)c1c(C(=O)NCCc2ccc(S(N)(=O)=O)cc2)cnn1-c1ccc(C(F)(F)F)cn1. The Bertz CT molecular complexity index is 1240. The number of primary sulfonamides is 1. The van der Waals surface area contributed by atoms with Gasteiger partial charge in [0, 0.05) is 12.7 Å². The molecule has 2 aromatic heterocycles. The number of carbonyl (C=O) groups is 1. The number of aromatic nitrogens is 3. The van der Waals surface area contributed by atoms with Crippen LogP contribution in [0.1, 0.15) is 46.9 Å². The number of nitrogens with two attached hydrogens (primary N) is 1. The Morgan fingerprint density at radius 1 is 1.12 bits per heavy atom. The van der Waals surface area contributed by atoms with E-state index >= 15 is 0 Å². The first-order chi connectivity index (χ1) is 15.4. The van der Waals surface area contributed by atoms with Gasteiger partial charge in [0.1, 0.15) is 0 Å². The zero-order chi connectivity index (χ0) is 24.4. The molecule has 0 bridgehead atoms. The van der Waals surface area contributed by atoms with Crippen molar-refractivity contribution in [1.82, 2.24) is 20.1 Å². The second-order valence-corrected chi connectivity index (χ2v) is 9.17. The number of sulfonamides is 1. The number of carbonyl (C=O) groups excluding carboxylic acids is 1. The Morgan fingerprint density at radius 3 is 2.30 bits per heavy atom. The molecular formula is C21H22F3N5O3S. The lowest BCUT2D eigenvalue weighted by molar-refractivity contribution is -0.137. The first-order valence-corrected chi connectivity index (χ1v) is 11.4. The molecule has 2 heterocycles. The van der Waals surface area contributed by atoms with E-state index in [1.54, 1.807) is 12.1 Å². The van der Waals surface area contributed by atoms with Gasteiger partial charge in [-0.15, -0.1) is 0 Å². The van der Waals surface area contributed by atoms with E-state index in [9.17, 15) is 26.4 Å². The minimum atomic E-state index is -4.50. The Hall–Kier alpha value is -3.25. The van der Waals surface area contributed by atoms with Crippen molar-refractivity contribution in [2.75, 3.05) is 6.54 Å². The highest BCUT2D eigenvalue weighted by atomic mass is 32.2. The summed E-state index contributed by atoms with van der Waals surface area (Å²) in [5, 5.41) is 12.0. The second kappa shape index (κ2) is 9.32. The molecule has 176 valence electrons. The van der Waals surface area contributed by atoms with Crippen molar-refractivity contribution in [2.45, 2.75) is 37.3 Å². The number of benzene rings is 1. The summed E-state index contributed by atoms with van der Waals surface area (Å²) in [5.41, 5.74) is 0.726. The second-order valence-electron chi connectivity index (χ2n) is 7.61. The average Bonchev–Trinajstić information content (AvgIpc) is 3.18. The zero-order valence-electron chi connectivity index (χ0n) is 17.8. The predicted octanol–water partition coefficient (Wildman–Crippen LogP) is 3.03. The summed E-state index contributed by atoms with van der Waals surface area (Å²) >= 11 is 0. The maximum atomic E-state index is 12.8. The van der Waals surface area contributed by atoms with Gasteiger partial charge in [0.2, 0.25) is 10.0 Å². The van der Waals surface area contributed by atoms with Crippen LogP contribution in [0.25, 0.3) is 5.82 Å². The molecule has 3 rings (SSSR count). The molecule has 0 saturated carbocycles. The van der Waals surface area contributed by atoms with Crippen molar-refractivity contribution >= 4 is 15.9 Å². The van der Waals surface area contributed by atoms with Crippen LogP contribution >= 0.6 is 0 Å². The first-order valence-electron chi connectivity index (χ1n) is 9.89. The molecule has 0 aliphatic carbocycles. The highest BCUT2D eigenvalue weighted by Crippen LogP contribution is 2.29. The maximum absolute atomic E-state index is 12.8. The van der Waals surface area contributed by atoms with Crippen LogP contribution in [0.4, 0.5) is 13.2 Å². The van der Waals surface area contributed by atoms with Gasteiger partial charge in [-0.2, -0.15) is 18.3 Å². The highest BCUT2D eigenvalue weighted by Gasteiger charge is 2.31. The van der Waals surface area contributed by atoms with Crippen molar-refractivity contribution in [2.24, 2.45) is 5.14 Å². The standard InChI is InChI=1S/C21H22F3N5O3S/c1-13(2)19-17(12-28-29(19)18-8-5-15(11-27-18)21(22,23)24)20(30)26-10-9-14-3-6-16(7-4-14)33(25,31)32/h3-8,11-13H,9-10H2,1-2H3,(H,26,30)(H2,25,31,32). The van der Waals surface area contributed by atoms with Gasteiger partial charge in [0.05, 0.1) is 27.9 Å². The van der Waals surface area contributed by atoms with Gasteiger partial charge >= 0.3 is 6.18 Å². The first kappa shape index (κ1) is 24.4. The largest absolute Gasteiger partial charge is 0.417 e. The van der Waals surface area contributed by atoms with Gasteiger partial charge in [0.15, 0.2) is 5.82 Å². The molecule has 0 aliphatic heterocycles. The van der Waals surface area contributed by atoms with Crippen LogP contribution in [-0.2, 0) is 22.6 Å². The van der Waals surface area contributed by atoms with E-state index in [0.29, 0.717) is 12.1 Å². The zero-order valence-corrected chi connectivity index (χ0v) is 18.6. The van der Waals surface area contributed by atoms with Gasteiger partial charge in [-0.3, -0.25) is 4.79 Å². The fraction of sp³-hybridized carbons (Fsp3) is 0.286. The molecule has 12 heteroatoms. The van der Waals surface area contributed by atoms with Crippen LogP contribution in [0.5, 0.6) is 0 Å². The number of alkyl halides is 3. The molecule has 0 unspecified atom stereocenters. The van der Waals surface area contributed by atoms with Crippen LogP contribution in [0.3, 0.4) is 0 Å². The molecule has 0 saturated heterocycles. The van der Waals surface area contributed by atoms with Crippen molar-refractivity contribution < 1.29 is 26.4 Å². The third-order valence-electron chi connectivity index (χ3n) is 4.84. The van der Waals surface area contributed by atoms with E-state index in [0.717, 1.165) is 17.8 Å². The lowest BCUT2D eigenvalue weighted by atomic mass is 10.1. The van der Waals surface area contributed by atoms with Gasteiger partial charge in [-0.25, -0.2) is 23.2 Å². The highest BCUT2D eigenvalue weighted by molar-refractivity contribution is 7.89. The van der Waals surface area contributed by atoms with Gasteiger partial charge in [-0.05, 0) is 42.2 Å².